The molecule has 0 aromatic carbocycles. The lowest BCUT2D eigenvalue weighted by atomic mass is 10.4. The maximum atomic E-state index is 11.4. The molecule has 0 aliphatic carbocycles. The van der Waals surface area contributed by atoms with Crippen LogP contribution in [-0.4, -0.2) is 31.9 Å². The average molecular weight is 205 g/mol. The summed E-state index contributed by atoms with van der Waals surface area (Å²) in [6, 6.07) is 1.65. The molecular formula is C7H15N3O2S. The monoisotopic (exact) mass is 205 g/mol. The number of nitrogens with one attached hydrogen (secondary N) is 1. The summed E-state index contributed by atoms with van der Waals surface area (Å²) in [6.45, 7) is 5.35. The lowest BCUT2D eigenvalue weighted by Gasteiger charge is -2.19. The van der Waals surface area contributed by atoms with Gasteiger partial charge in [0, 0.05) is 12.6 Å². The first-order valence-corrected chi connectivity index (χ1v) is 5.52. The van der Waals surface area contributed by atoms with Crippen LogP contribution in [0, 0.1) is 11.3 Å². The zero-order valence-corrected chi connectivity index (χ0v) is 8.93. The van der Waals surface area contributed by atoms with Crippen LogP contribution in [0.5, 0.6) is 0 Å². The van der Waals surface area contributed by atoms with Crippen molar-refractivity contribution >= 4 is 10.2 Å². The molecule has 0 saturated carbocycles. The standard InChI is InChI=1S/C7H15N3O2S/c1-4-10(6-5-8)13(11,12)9-7(2)3/h7,9H,4,6H2,1-3H3. The minimum Gasteiger partial charge on any atom is -0.200 e. The van der Waals surface area contributed by atoms with Gasteiger partial charge in [-0.05, 0) is 13.8 Å². The topological polar surface area (TPSA) is 73.2 Å². The average Bonchev–Trinajstić information content (AvgIpc) is 1.97. The lowest BCUT2D eigenvalue weighted by molar-refractivity contribution is 0.445. The van der Waals surface area contributed by atoms with Gasteiger partial charge in [-0.15, -0.1) is 0 Å². The second-order valence-electron chi connectivity index (χ2n) is 2.86. The molecule has 76 valence electrons. The van der Waals surface area contributed by atoms with Crippen LogP contribution in [-0.2, 0) is 10.2 Å². The van der Waals surface area contributed by atoms with Crippen molar-refractivity contribution in [1.29, 1.82) is 5.26 Å². The summed E-state index contributed by atoms with van der Waals surface area (Å²) in [7, 11) is -3.47. The van der Waals surface area contributed by atoms with E-state index < -0.39 is 10.2 Å². The van der Waals surface area contributed by atoms with Gasteiger partial charge in [-0.2, -0.15) is 22.7 Å². The number of nitriles is 1. The van der Waals surface area contributed by atoms with E-state index in [-0.39, 0.29) is 12.6 Å². The van der Waals surface area contributed by atoms with Crippen LogP contribution in [0.15, 0.2) is 0 Å². The van der Waals surface area contributed by atoms with Gasteiger partial charge >= 0.3 is 0 Å². The van der Waals surface area contributed by atoms with Gasteiger partial charge in [0.1, 0.15) is 6.54 Å². The molecule has 0 amide bonds. The minimum atomic E-state index is -3.47. The molecule has 0 rings (SSSR count). The summed E-state index contributed by atoms with van der Waals surface area (Å²) in [6.07, 6.45) is 0. The summed E-state index contributed by atoms with van der Waals surface area (Å²) in [5.74, 6) is 0. The molecule has 13 heavy (non-hydrogen) atoms. The van der Waals surface area contributed by atoms with E-state index in [2.05, 4.69) is 4.72 Å². The van der Waals surface area contributed by atoms with Crippen LogP contribution in [0.25, 0.3) is 0 Å². The molecule has 5 nitrogen and oxygen atoms in total. The number of rotatable bonds is 5. The van der Waals surface area contributed by atoms with Crippen LogP contribution in [0.4, 0.5) is 0 Å². The molecule has 0 aliphatic heterocycles. The van der Waals surface area contributed by atoms with E-state index >= 15 is 0 Å². The number of nitrogens with zero attached hydrogens (tertiary/aromatic N) is 2. The predicted molar refractivity (Wildman–Crippen MR) is 50.1 cm³/mol. The van der Waals surface area contributed by atoms with Gasteiger partial charge in [-0.1, -0.05) is 6.92 Å². The predicted octanol–water partition coefficient (Wildman–Crippen LogP) is 0.0747. The third-order valence-electron chi connectivity index (χ3n) is 1.32. The summed E-state index contributed by atoms with van der Waals surface area (Å²) >= 11 is 0. The molecule has 0 unspecified atom stereocenters. The Morgan fingerprint density at radius 3 is 2.38 bits per heavy atom. The summed E-state index contributed by atoms with van der Waals surface area (Å²) in [5.41, 5.74) is 0. The quantitative estimate of drug-likeness (QED) is 0.646. The molecule has 0 aromatic heterocycles. The number of hydrogen-bond donors (Lipinski definition) is 1. The molecule has 1 N–H and O–H groups in total. The first kappa shape index (κ1) is 12.4. The first-order chi connectivity index (χ1) is 5.94. The van der Waals surface area contributed by atoms with Crippen molar-refractivity contribution in [2.45, 2.75) is 26.8 Å². The smallest absolute Gasteiger partial charge is 0.200 e. The number of hydrogen-bond acceptors (Lipinski definition) is 3. The fraction of sp³-hybridized carbons (Fsp3) is 0.857. The van der Waals surface area contributed by atoms with Crippen molar-refractivity contribution in [1.82, 2.24) is 9.03 Å². The molecule has 0 spiro atoms. The maximum absolute atomic E-state index is 11.4. The highest BCUT2D eigenvalue weighted by Crippen LogP contribution is 1.97. The Kier molecular flexibility index (Phi) is 4.91. The van der Waals surface area contributed by atoms with Crippen molar-refractivity contribution in [3.8, 4) is 6.07 Å². The minimum absolute atomic E-state index is 0.113. The van der Waals surface area contributed by atoms with E-state index in [4.69, 9.17) is 5.26 Å². The van der Waals surface area contributed by atoms with Crippen LogP contribution >= 0.6 is 0 Å². The largest absolute Gasteiger partial charge is 0.280 e. The highest BCUT2D eigenvalue weighted by molar-refractivity contribution is 7.87. The van der Waals surface area contributed by atoms with Crippen molar-refractivity contribution < 1.29 is 8.42 Å². The van der Waals surface area contributed by atoms with E-state index in [1.165, 1.54) is 0 Å². The Hall–Kier alpha value is -0.640. The van der Waals surface area contributed by atoms with Crippen LogP contribution in [0.3, 0.4) is 0 Å². The van der Waals surface area contributed by atoms with E-state index in [9.17, 15) is 8.42 Å². The van der Waals surface area contributed by atoms with E-state index in [0.29, 0.717) is 6.54 Å². The van der Waals surface area contributed by atoms with Crippen molar-refractivity contribution in [2.75, 3.05) is 13.1 Å². The molecule has 0 aliphatic rings. The Balaban J connectivity index is 4.51. The lowest BCUT2D eigenvalue weighted by Crippen LogP contribution is -2.43. The van der Waals surface area contributed by atoms with E-state index in [1.54, 1.807) is 26.8 Å². The zero-order chi connectivity index (χ0) is 10.5. The van der Waals surface area contributed by atoms with Crippen molar-refractivity contribution in [2.24, 2.45) is 0 Å². The van der Waals surface area contributed by atoms with Gasteiger partial charge in [0.05, 0.1) is 6.07 Å². The van der Waals surface area contributed by atoms with E-state index in [0.717, 1.165) is 4.31 Å². The van der Waals surface area contributed by atoms with Crippen molar-refractivity contribution in [3.63, 3.8) is 0 Å². The summed E-state index contributed by atoms with van der Waals surface area (Å²) in [4.78, 5) is 0. The molecular weight excluding hydrogens is 190 g/mol. The highest BCUT2D eigenvalue weighted by Gasteiger charge is 2.20. The Morgan fingerprint density at radius 1 is 1.54 bits per heavy atom. The molecule has 6 heteroatoms. The Morgan fingerprint density at radius 2 is 2.08 bits per heavy atom. The van der Waals surface area contributed by atoms with Gasteiger partial charge in [0.2, 0.25) is 0 Å². The molecule has 0 atom stereocenters. The summed E-state index contributed by atoms with van der Waals surface area (Å²) < 4.78 is 26.3. The SMILES string of the molecule is CCN(CC#N)S(=O)(=O)NC(C)C. The first-order valence-electron chi connectivity index (χ1n) is 4.08. The second kappa shape index (κ2) is 5.17. The fourth-order valence-electron chi connectivity index (χ4n) is 0.818. The highest BCUT2D eigenvalue weighted by atomic mass is 32.2. The van der Waals surface area contributed by atoms with Gasteiger partial charge < -0.3 is 0 Å². The Labute approximate surface area is 79.5 Å². The third-order valence-corrected chi connectivity index (χ3v) is 3.16. The van der Waals surface area contributed by atoms with Crippen molar-refractivity contribution in [3.05, 3.63) is 0 Å². The van der Waals surface area contributed by atoms with Gasteiger partial charge in [-0.3, -0.25) is 0 Å². The third kappa shape index (κ3) is 4.22. The van der Waals surface area contributed by atoms with Crippen LogP contribution in [0.1, 0.15) is 20.8 Å². The summed E-state index contributed by atoms with van der Waals surface area (Å²) in [5, 5.41) is 8.38. The second-order valence-corrected chi connectivity index (χ2v) is 4.56. The zero-order valence-electron chi connectivity index (χ0n) is 8.11. The van der Waals surface area contributed by atoms with Gasteiger partial charge in [-0.25, -0.2) is 0 Å². The molecule has 0 bridgehead atoms. The van der Waals surface area contributed by atoms with Crippen LogP contribution in [0.2, 0.25) is 0 Å². The molecule has 0 radical (unpaired) electrons. The maximum Gasteiger partial charge on any atom is 0.280 e. The molecule has 0 aromatic rings. The molecule has 0 saturated heterocycles. The van der Waals surface area contributed by atoms with Crippen LogP contribution < -0.4 is 4.72 Å². The van der Waals surface area contributed by atoms with E-state index in [1.807, 2.05) is 0 Å². The Bertz CT molecular complexity index is 279. The molecule has 0 fully saturated rings. The normalized spacial score (nSPS) is 12.0. The van der Waals surface area contributed by atoms with Gasteiger partial charge in [0.25, 0.3) is 10.2 Å². The fourth-order valence-corrected chi connectivity index (χ4v) is 2.13. The van der Waals surface area contributed by atoms with Gasteiger partial charge in [0.15, 0.2) is 0 Å². The molecule has 0 heterocycles.